The summed E-state index contributed by atoms with van der Waals surface area (Å²) in [5, 5.41) is 4.49. The van der Waals surface area contributed by atoms with Crippen LogP contribution in [0.2, 0.25) is 0 Å². The van der Waals surface area contributed by atoms with Crippen molar-refractivity contribution in [3.8, 4) is 50.6 Å². The number of para-hydroxylation sites is 3. The van der Waals surface area contributed by atoms with Gasteiger partial charge in [-0.05, 0) is 88.8 Å². The van der Waals surface area contributed by atoms with Crippen LogP contribution in [0.3, 0.4) is 0 Å². The molecule has 0 fully saturated rings. The van der Waals surface area contributed by atoms with E-state index in [2.05, 4.69) is 182 Å². The lowest BCUT2D eigenvalue weighted by atomic mass is 9.88. The largest absolute Gasteiger partial charge is 0.456 e. The summed E-state index contributed by atoms with van der Waals surface area (Å²) in [5.41, 5.74) is 16.5. The van der Waals surface area contributed by atoms with Crippen LogP contribution < -0.4 is 0 Å². The molecule has 11 aromatic rings. The summed E-state index contributed by atoms with van der Waals surface area (Å²) >= 11 is 0. The molecule has 0 atom stereocenters. The van der Waals surface area contributed by atoms with Crippen molar-refractivity contribution in [2.75, 3.05) is 0 Å². The Morgan fingerprint density at radius 3 is 2.00 bits per heavy atom. The Hall–Kier alpha value is -7.82. The SMILES string of the molecule is C=C(Cc1nc(-c2cccc3oc4ccccc4c23)nc(-c2ccccc2)c1-c1cc(-c2ccc3c(c2)c2ccccc2n3-c2ccccc2)ccc1C)c1ccccc1. The van der Waals surface area contributed by atoms with Crippen LogP contribution in [0, 0.1) is 6.92 Å². The van der Waals surface area contributed by atoms with Gasteiger partial charge in [-0.3, -0.25) is 0 Å². The van der Waals surface area contributed by atoms with Gasteiger partial charge in [0, 0.05) is 50.3 Å². The first-order valence-corrected chi connectivity index (χ1v) is 20.4. The molecule has 0 aliphatic heterocycles. The standard InChI is InChI=1S/C56H39N3O/c1-36-29-30-40(41-31-32-50-47(35-41)43-23-12-14-26-49(43)59(50)42-21-10-5-11-22-42)34-46(36)54-48(33-37(2)38-17-6-3-7-18-38)57-56(58-55(54)39-19-8-4-9-20-39)45-25-16-28-52-53(45)44-24-13-15-27-51(44)60-52/h3-32,34-35H,2,33H2,1H3. The summed E-state index contributed by atoms with van der Waals surface area (Å²) in [5.74, 6) is 0.652. The molecule has 3 heterocycles. The molecule has 0 radical (unpaired) electrons. The average molecular weight is 770 g/mol. The van der Waals surface area contributed by atoms with Gasteiger partial charge in [0.15, 0.2) is 5.82 Å². The molecule has 0 saturated heterocycles. The van der Waals surface area contributed by atoms with E-state index in [1.165, 1.54) is 21.8 Å². The Labute approximate surface area is 348 Å². The van der Waals surface area contributed by atoms with E-state index in [4.69, 9.17) is 14.4 Å². The molecule has 8 aromatic carbocycles. The quantitative estimate of drug-likeness (QED) is 0.155. The van der Waals surface area contributed by atoms with E-state index in [-0.39, 0.29) is 0 Å². The van der Waals surface area contributed by atoms with Gasteiger partial charge in [-0.15, -0.1) is 0 Å². The van der Waals surface area contributed by atoms with Crippen molar-refractivity contribution < 1.29 is 4.42 Å². The number of hydrogen-bond donors (Lipinski definition) is 0. The normalized spacial score (nSPS) is 11.6. The predicted octanol–water partition coefficient (Wildman–Crippen LogP) is 14.7. The third kappa shape index (κ3) is 6.00. The molecular formula is C56H39N3O. The van der Waals surface area contributed by atoms with Crippen molar-refractivity contribution in [2.24, 2.45) is 0 Å². The van der Waals surface area contributed by atoms with Gasteiger partial charge >= 0.3 is 0 Å². The molecule has 0 N–H and O–H groups in total. The van der Waals surface area contributed by atoms with Crippen molar-refractivity contribution in [1.82, 2.24) is 14.5 Å². The summed E-state index contributed by atoms with van der Waals surface area (Å²) in [7, 11) is 0. The van der Waals surface area contributed by atoms with Crippen LogP contribution in [-0.2, 0) is 6.42 Å². The Morgan fingerprint density at radius 2 is 1.18 bits per heavy atom. The molecule has 0 saturated carbocycles. The zero-order valence-electron chi connectivity index (χ0n) is 33.1. The van der Waals surface area contributed by atoms with Crippen LogP contribution in [0.4, 0.5) is 0 Å². The number of rotatable bonds is 8. The summed E-state index contributed by atoms with van der Waals surface area (Å²) in [6.45, 7) is 6.82. The van der Waals surface area contributed by atoms with Crippen LogP contribution in [0.15, 0.2) is 205 Å². The van der Waals surface area contributed by atoms with Gasteiger partial charge in [-0.1, -0.05) is 152 Å². The summed E-state index contributed by atoms with van der Waals surface area (Å²) in [4.78, 5) is 11.1. The van der Waals surface area contributed by atoms with E-state index < -0.39 is 0 Å². The molecule has 60 heavy (non-hydrogen) atoms. The summed E-state index contributed by atoms with van der Waals surface area (Å²) < 4.78 is 8.71. The zero-order valence-corrected chi connectivity index (χ0v) is 33.1. The third-order valence-corrected chi connectivity index (χ3v) is 11.8. The van der Waals surface area contributed by atoms with Crippen molar-refractivity contribution in [1.29, 1.82) is 0 Å². The second-order valence-corrected chi connectivity index (χ2v) is 15.5. The molecule has 0 amide bonds. The molecule has 0 aliphatic carbocycles. The van der Waals surface area contributed by atoms with Crippen molar-refractivity contribution in [3.63, 3.8) is 0 Å². The Bertz CT molecular complexity index is 3420. The number of fused-ring (bicyclic) bond motifs is 6. The van der Waals surface area contributed by atoms with Gasteiger partial charge in [-0.2, -0.15) is 0 Å². The van der Waals surface area contributed by atoms with Crippen molar-refractivity contribution in [2.45, 2.75) is 13.3 Å². The Morgan fingerprint density at radius 1 is 0.533 bits per heavy atom. The Balaban J connectivity index is 1.15. The number of furan rings is 1. The van der Waals surface area contributed by atoms with Crippen LogP contribution in [-0.4, -0.2) is 14.5 Å². The molecule has 4 nitrogen and oxygen atoms in total. The highest BCUT2D eigenvalue weighted by atomic mass is 16.3. The first kappa shape index (κ1) is 35.4. The topological polar surface area (TPSA) is 43.9 Å². The van der Waals surface area contributed by atoms with E-state index in [1.54, 1.807) is 0 Å². The molecule has 0 aliphatic rings. The van der Waals surface area contributed by atoms with Crippen LogP contribution in [0.5, 0.6) is 0 Å². The molecule has 4 heteroatoms. The highest BCUT2D eigenvalue weighted by molar-refractivity contribution is 6.12. The number of nitrogens with zero attached hydrogens (tertiary/aromatic N) is 3. The number of allylic oxidation sites excluding steroid dienone is 1. The summed E-state index contributed by atoms with van der Waals surface area (Å²) in [6, 6.07) is 68.2. The molecule has 0 bridgehead atoms. The zero-order chi connectivity index (χ0) is 40.2. The third-order valence-electron chi connectivity index (χ3n) is 11.8. The lowest BCUT2D eigenvalue weighted by Gasteiger charge is -2.20. The fourth-order valence-electron chi connectivity index (χ4n) is 8.86. The minimum Gasteiger partial charge on any atom is -0.456 e. The van der Waals surface area contributed by atoms with Gasteiger partial charge in [-0.25, -0.2) is 9.97 Å². The molecule has 0 spiro atoms. The maximum atomic E-state index is 6.35. The van der Waals surface area contributed by atoms with Gasteiger partial charge in [0.25, 0.3) is 0 Å². The van der Waals surface area contributed by atoms with E-state index in [0.29, 0.717) is 12.2 Å². The lowest BCUT2D eigenvalue weighted by molar-refractivity contribution is 0.669. The van der Waals surface area contributed by atoms with Crippen molar-refractivity contribution in [3.05, 3.63) is 218 Å². The van der Waals surface area contributed by atoms with E-state index in [9.17, 15) is 0 Å². The summed E-state index contributed by atoms with van der Waals surface area (Å²) in [6.07, 6.45) is 0.533. The predicted molar refractivity (Wildman–Crippen MR) is 249 cm³/mol. The van der Waals surface area contributed by atoms with Gasteiger partial charge < -0.3 is 8.98 Å². The van der Waals surface area contributed by atoms with Crippen LogP contribution >= 0.6 is 0 Å². The monoisotopic (exact) mass is 769 g/mol. The minimum absolute atomic E-state index is 0.533. The number of benzene rings is 8. The van der Waals surface area contributed by atoms with Gasteiger partial charge in [0.1, 0.15) is 11.2 Å². The Kier molecular flexibility index (Phi) is 8.56. The van der Waals surface area contributed by atoms with E-state index >= 15 is 0 Å². The van der Waals surface area contributed by atoms with Gasteiger partial charge in [0.05, 0.1) is 22.4 Å². The van der Waals surface area contributed by atoms with Crippen LogP contribution in [0.1, 0.15) is 16.8 Å². The second-order valence-electron chi connectivity index (χ2n) is 15.5. The molecule has 3 aromatic heterocycles. The smallest absolute Gasteiger partial charge is 0.160 e. The number of aryl methyl sites for hydroxylation is 1. The maximum Gasteiger partial charge on any atom is 0.160 e. The first-order chi connectivity index (χ1) is 29.6. The molecule has 0 unspecified atom stereocenters. The highest BCUT2D eigenvalue weighted by Gasteiger charge is 2.24. The first-order valence-electron chi connectivity index (χ1n) is 20.4. The molecule has 11 rings (SSSR count). The minimum atomic E-state index is 0.533. The van der Waals surface area contributed by atoms with Crippen molar-refractivity contribution >= 4 is 49.3 Å². The van der Waals surface area contributed by atoms with E-state index in [1.807, 2.05) is 30.3 Å². The highest BCUT2D eigenvalue weighted by Crippen LogP contribution is 2.43. The number of aromatic nitrogens is 3. The van der Waals surface area contributed by atoms with Gasteiger partial charge in [0.2, 0.25) is 0 Å². The fourth-order valence-corrected chi connectivity index (χ4v) is 8.86. The fraction of sp³-hybridized carbons (Fsp3) is 0.0357. The second kappa shape index (κ2) is 14.5. The average Bonchev–Trinajstić information content (AvgIpc) is 3.86. The van der Waals surface area contributed by atoms with E-state index in [0.717, 1.165) is 89.1 Å². The lowest BCUT2D eigenvalue weighted by Crippen LogP contribution is -2.05. The molecule has 284 valence electrons. The molecular weight excluding hydrogens is 731 g/mol. The van der Waals surface area contributed by atoms with Crippen LogP contribution in [0.25, 0.3) is 99.9 Å². The maximum absolute atomic E-state index is 6.35. The number of hydrogen-bond acceptors (Lipinski definition) is 3.